The highest BCUT2D eigenvalue weighted by Gasteiger charge is 1.82. The van der Waals surface area contributed by atoms with Gasteiger partial charge in [-0.05, 0) is 83.1 Å². The molecule has 0 atom stereocenters. The van der Waals surface area contributed by atoms with Crippen LogP contribution >= 0.6 is 0 Å². The zero-order chi connectivity index (χ0) is 30.6. The van der Waals surface area contributed by atoms with Crippen molar-refractivity contribution in [1.29, 1.82) is 0 Å². The molecular weight excluding hydrogens is 480 g/mol. The van der Waals surface area contributed by atoms with Crippen molar-refractivity contribution in [1.82, 2.24) is 0 Å². The predicted octanol–water partition coefficient (Wildman–Crippen LogP) is 6.35. The van der Waals surface area contributed by atoms with Crippen molar-refractivity contribution in [2.75, 3.05) is 79.3 Å². The van der Waals surface area contributed by atoms with Crippen molar-refractivity contribution in [2.24, 2.45) is 0 Å². The topological polar surface area (TPSA) is 98.8 Å². The number of esters is 2. The van der Waals surface area contributed by atoms with E-state index in [0.717, 1.165) is 66.1 Å². The van der Waals surface area contributed by atoms with Gasteiger partial charge in [0.05, 0.1) is 13.2 Å². The van der Waals surface area contributed by atoms with E-state index < -0.39 is 0 Å². The van der Waals surface area contributed by atoms with E-state index in [1.54, 1.807) is 13.8 Å². The third-order valence-corrected chi connectivity index (χ3v) is 2.74. The largest absolute Gasteiger partial charge is 0.466 e. The molecule has 0 rings (SSSR count). The smallest absolute Gasteiger partial charge is 0.302 e. The van der Waals surface area contributed by atoms with Gasteiger partial charge in [0.25, 0.3) is 0 Å². The number of rotatable bonds is 12. The standard InChI is InChI=1S/2C4H8O2.5C4H10O/c2*1-3-6-4(2)5;5*1-3-5-4-2/h2*3H2,1-2H3;5*3-4H2,1-2H3. The molecule has 232 valence electrons. The van der Waals surface area contributed by atoms with Crippen molar-refractivity contribution in [3.63, 3.8) is 0 Å². The van der Waals surface area contributed by atoms with Crippen LogP contribution in [0.4, 0.5) is 0 Å². The summed E-state index contributed by atoms with van der Waals surface area (Å²) >= 11 is 0. The minimum absolute atomic E-state index is 0.211. The summed E-state index contributed by atoms with van der Waals surface area (Å²) in [6.07, 6.45) is 0. The quantitative estimate of drug-likeness (QED) is 0.259. The van der Waals surface area contributed by atoms with E-state index in [1.807, 2.05) is 69.2 Å². The van der Waals surface area contributed by atoms with Gasteiger partial charge in [-0.2, -0.15) is 0 Å². The summed E-state index contributed by atoms with van der Waals surface area (Å²) in [6.45, 7) is 35.6. The van der Waals surface area contributed by atoms with Gasteiger partial charge in [-0.3, -0.25) is 9.59 Å². The van der Waals surface area contributed by atoms with Crippen LogP contribution in [-0.4, -0.2) is 91.2 Å². The van der Waals surface area contributed by atoms with Gasteiger partial charge in [-0.1, -0.05) is 0 Å². The van der Waals surface area contributed by atoms with Crippen LogP contribution in [-0.2, 0) is 42.7 Å². The first-order valence-corrected chi connectivity index (χ1v) is 13.8. The van der Waals surface area contributed by atoms with E-state index in [-0.39, 0.29) is 11.9 Å². The SMILES string of the molecule is CCOC(C)=O.CCOC(C)=O.CCOCC.CCOCC.CCOCC.CCOCC.CCOCC. The first-order valence-electron chi connectivity index (χ1n) is 13.8. The molecule has 0 radical (unpaired) electrons. The Morgan fingerprint density at radius 3 is 0.459 bits per heavy atom. The molecule has 9 nitrogen and oxygen atoms in total. The lowest BCUT2D eigenvalue weighted by atomic mass is 10.8. The van der Waals surface area contributed by atoms with Gasteiger partial charge in [-0.15, -0.1) is 0 Å². The molecule has 0 saturated heterocycles. The van der Waals surface area contributed by atoms with Crippen LogP contribution in [0, 0.1) is 0 Å². The molecule has 0 saturated carbocycles. The van der Waals surface area contributed by atoms with Crippen LogP contribution in [0.1, 0.15) is 96.9 Å². The molecular formula is C28H66O9. The molecule has 0 aliphatic carbocycles. The Morgan fingerprint density at radius 2 is 0.459 bits per heavy atom. The van der Waals surface area contributed by atoms with E-state index in [0.29, 0.717) is 13.2 Å². The Kier molecular flexibility index (Phi) is 99.0. The fourth-order valence-electron chi connectivity index (χ4n) is 1.43. The Hall–Kier alpha value is -1.26. The normalized spacial score (nSPS) is 8.16. The Balaban J connectivity index is -0.0000000569. The van der Waals surface area contributed by atoms with Gasteiger partial charge in [0.1, 0.15) is 0 Å². The fourth-order valence-corrected chi connectivity index (χ4v) is 1.43. The van der Waals surface area contributed by atoms with E-state index in [4.69, 9.17) is 23.7 Å². The van der Waals surface area contributed by atoms with Crippen molar-refractivity contribution >= 4 is 11.9 Å². The Bertz CT molecular complexity index is 268. The van der Waals surface area contributed by atoms with E-state index in [2.05, 4.69) is 9.47 Å². The van der Waals surface area contributed by atoms with Crippen molar-refractivity contribution in [2.45, 2.75) is 96.9 Å². The Morgan fingerprint density at radius 1 is 0.324 bits per heavy atom. The van der Waals surface area contributed by atoms with Crippen molar-refractivity contribution in [3.8, 4) is 0 Å². The maximum absolute atomic E-state index is 9.82. The molecule has 0 aromatic heterocycles. The average Bonchev–Trinajstić information content (AvgIpc) is 2.84. The summed E-state index contributed by atoms with van der Waals surface area (Å²) in [5.74, 6) is -0.421. The third-order valence-electron chi connectivity index (χ3n) is 2.74. The second-order valence-electron chi connectivity index (χ2n) is 5.76. The monoisotopic (exact) mass is 546 g/mol. The summed E-state index contributed by atoms with van der Waals surface area (Å²) < 4.78 is 33.0. The zero-order valence-corrected chi connectivity index (χ0v) is 27.2. The summed E-state index contributed by atoms with van der Waals surface area (Å²) in [5, 5.41) is 0. The summed E-state index contributed by atoms with van der Waals surface area (Å²) in [6, 6.07) is 0. The van der Waals surface area contributed by atoms with E-state index >= 15 is 0 Å². The first kappa shape index (κ1) is 52.2. The molecule has 0 aliphatic rings. The minimum Gasteiger partial charge on any atom is -0.466 e. The predicted molar refractivity (Wildman–Crippen MR) is 155 cm³/mol. The van der Waals surface area contributed by atoms with Gasteiger partial charge in [0.2, 0.25) is 0 Å². The summed E-state index contributed by atoms with van der Waals surface area (Å²) in [5.41, 5.74) is 0. The first-order chi connectivity index (χ1) is 17.6. The number of hydrogen-bond acceptors (Lipinski definition) is 9. The van der Waals surface area contributed by atoms with Crippen LogP contribution < -0.4 is 0 Å². The molecule has 37 heavy (non-hydrogen) atoms. The average molecular weight is 547 g/mol. The molecule has 9 heteroatoms. The highest BCUT2D eigenvalue weighted by atomic mass is 16.5. The fraction of sp³-hybridized carbons (Fsp3) is 0.929. The highest BCUT2D eigenvalue weighted by molar-refractivity contribution is 5.66. The van der Waals surface area contributed by atoms with Gasteiger partial charge >= 0.3 is 11.9 Å². The van der Waals surface area contributed by atoms with Gasteiger partial charge < -0.3 is 33.2 Å². The van der Waals surface area contributed by atoms with Crippen LogP contribution in [0.15, 0.2) is 0 Å². The van der Waals surface area contributed by atoms with E-state index in [1.165, 1.54) is 13.8 Å². The molecule has 0 fully saturated rings. The molecule has 0 N–H and O–H groups in total. The third kappa shape index (κ3) is 171. The maximum atomic E-state index is 9.82. The van der Waals surface area contributed by atoms with Crippen LogP contribution in [0.2, 0.25) is 0 Å². The molecule has 0 aromatic carbocycles. The van der Waals surface area contributed by atoms with Crippen molar-refractivity contribution < 1.29 is 42.7 Å². The molecule has 0 amide bonds. The second-order valence-corrected chi connectivity index (χ2v) is 5.76. The van der Waals surface area contributed by atoms with E-state index in [9.17, 15) is 9.59 Å². The molecule has 0 aliphatic heterocycles. The lowest BCUT2D eigenvalue weighted by Gasteiger charge is -1.89. The maximum Gasteiger partial charge on any atom is 0.302 e. The second kappa shape index (κ2) is 70.2. The van der Waals surface area contributed by atoms with Crippen LogP contribution in [0.5, 0.6) is 0 Å². The van der Waals surface area contributed by atoms with Crippen LogP contribution in [0.25, 0.3) is 0 Å². The number of carbonyl (C=O) groups is 2. The summed E-state index contributed by atoms with van der Waals surface area (Å²) in [4.78, 5) is 19.6. The van der Waals surface area contributed by atoms with Gasteiger partial charge in [0.15, 0.2) is 0 Å². The van der Waals surface area contributed by atoms with Gasteiger partial charge in [0, 0.05) is 79.9 Å². The lowest BCUT2D eigenvalue weighted by molar-refractivity contribution is -0.141. The molecule has 0 unspecified atom stereocenters. The number of ether oxygens (including phenoxy) is 7. The minimum atomic E-state index is -0.211. The molecule has 0 heterocycles. The molecule has 0 aromatic rings. The molecule has 0 bridgehead atoms. The summed E-state index contributed by atoms with van der Waals surface area (Å²) in [7, 11) is 0. The molecule has 0 spiro atoms. The Labute approximate surface area is 231 Å². The number of hydrogen-bond donors (Lipinski definition) is 0. The number of carbonyl (C=O) groups excluding carboxylic acids is 2. The lowest BCUT2D eigenvalue weighted by Crippen LogP contribution is -1.95. The zero-order valence-electron chi connectivity index (χ0n) is 27.2. The van der Waals surface area contributed by atoms with Gasteiger partial charge in [-0.25, -0.2) is 0 Å². The van der Waals surface area contributed by atoms with Crippen molar-refractivity contribution in [3.05, 3.63) is 0 Å². The highest BCUT2D eigenvalue weighted by Crippen LogP contribution is 1.70. The van der Waals surface area contributed by atoms with Crippen LogP contribution in [0.3, 0.4) is 0 Å².